The number of hydrogen-bond donors (Lipinski definition) is 1. The Morgan fingerprint density at radius 1 is 1.40 bits per heavy atom. The summed E-state index contributed by atoms with van der Waals surface area (Å²) in [5.74, 6) is 0.832. The van der Waals surface area contributed by atoms with Crippen molar-refractivity contribution >= 4 is 5.69 Å². The molecule has 2 aromatic heterocycles. The number of rotatable bonds is 3. The van der Waals surface area contributed by atoms with Crippen molar-refractivity contribution in [3.05, 3.63) is 41.5 Å². The van der Waals surface area contributed by atoms with Gasteiger partial charge in [0.15, 0.2) is 0 Å². The van der Waals surface area contributed by atoms with Crippen molar-refractivity contribution < 1.29 is 4.52 Å². The summed E-state index contributed by atoms with van der Waals surface area (Å²) in [6, 6.07) is 3.87. The van der Waals surface area contributed by atoms with Gasteiger partial charge >= 0.3 is 0 Å². The second-order valence-electron chi connectivity index (χ2n) is 3.47. The maximum Gasteiger partial charge on any atom is 0.133 e. The van der Waals surface area contributed by atoms with E-state index in [0.717, 1.165) is 22.7 Å². The van der Waals surface area contributed by atoms with E-state index in [4.69, 9.17) is 4.52 Å². The summed E-state index contributed by atoms with van der Waals surface area (Å²) in [4.78, 5) is 4.03. The molecule has 2 heterocycles. The minimum atomic E-state index is 0.669. The van der Waals surface area contributed by atoms with E-state index in [-0.39, 0.29) is 0 Å². The highest BCUT2D eigenvalue weighted by atomic mass is 16.5. The lowest BCUT2D eigenvalue weighted by Crippen LogP contribution is -2.01. The fraction of sp³-hybridized carbons (Fsp3) is 0.273. The maximum atomic E-state index is 4.98. The van der Waals surface area contributed by atoms with Crippen molar-refractivity contribution in [2.75, 3.05) is 5.32 Å². The second-order valence-corrected chi connectivity index (χ2v) is 3.47. The molecule has 0 aliphatic rings. The lowest BCUT2D eigenvalue weighted by atomic mass is 10.2. The van der Waals surface area contributed by atoms with Crippen LogP contribution >= 0.6 is 0 Å². The third-order valence-corrected chi connectivity index (χ3v) is 2.16. The fourth-order valence-corrected chi connectivity index (χ4v) is 1.36. The summed E-state index contributed by atoms with van der Waals surface area (Å²) in [6.45, 7) is 4.57. The molecule has 4 nitrogen and oxygen atoms in total. The zero-order valence-corrected chi connectivity index (χ0v) is 8.82. The molecule has 0 fully saturated rings. The van der Waals surface area contributed by atoms with Gasteiger partial charge in [-0.05, 0) is 25.5 Å². The van der Waals surface area contributed by atoms with Gasteiger partial charge in [-0.2, -0.15) is 0 Å². The van der Waals surface area contributed by atoms with Crippen LogP contribution in [0.4, 0.5) is 5.69 Å². The van der Waals surface area contributed by atoms with Crippen molar-refractivity contribution in [3.63, 3.8) is 0 Å². The van der Waals surface area contributed by atoms with Crippen LogP contribution in [-0.4, -0.2) is 10.1 Å². The third kappa shape index (κ3) is 2.34. The van der Waals surface area contributed by atoms with Gasteiger partial charge in [-0.3, -0.25) is 4.98 Å². The largest absolute Gasteiger partial charge is 0.379 e. The monoisotopic (exact) mass is 203 g/mol. The summed E-state index contributed by atoms with van der Waals surface area (Å²) in [5.41, 5.74) is 3.10. The third-order valence-electron chi connectivity index (χ3n) is 2.16. The molecule has 15 heavy (non-hydrogen) atoms. The standard InChI is InChI=1S/C11H13N3O/c1-8-6-12-4-3-11(8)13-7-10-5-9(2)15-14-10/h3-6H,7H2,1-2H3,(H,12,13). The number of aromatic nitrogens is 2. The minimum Gasteiger partial charge on any atom is -0.379 e. The molecule has 0 amide bonds. The fourth-order valence-electron chi connectivity index (χ4n) is 1.36. The van der Waals surface area contributed by atoms with E-state index in [0.29, 0.717) is 6.54 Å². The van der Waals surface area contributed by atoms with E-state index < -0.39 is 0 Å². The number of aryl methyl sites for hydroxylation is 2. The van der Waals surface area contributed by atoms with Crippen molar-refractivity contribution in [3.8, 4) is 0 Å². The minimum absolute atomic E-state index is 0.669. The Kier molecular flexibility index (Phi) is 2.67. The number of nitrogens with zero attached hydrogens (tertiary/aromatic N) is 2. The van der Waals surface area contributed by atoms with Crippen LogP contribution in [0.3, 0.4) is 0 Å². The van der Waals surface area contributed by atoms with Gasteiger partial charge in [0, 0.05) is 24.1 Å². The summed E-state index contributed by atoms with van der Waals surface area (Å²) in [5, 5.41) is 7.19. The molecule has 2 rings (SSSR count). The lowest BCUT2D eigenvalue weighted by molar-refractivity contribution is 0.391. The Morgan fingerprint density at radius 2 is 2.27 bits per heavy atom. The van der Waals surface area contributed by atoms with Gasteiger partial charge in [0.2, 0.25) is 0 Å². The van der Waals surface area contributed by atoms with Crippen LogP contribution in [0.1, 0.15) is 17.0 Å². The Hall–Kier alpha value is -1.84. The predicted octanol–water partition coefficient (Wildman–Crippen LogP) is 2.30. The van der Waals surface area contributed by atoms with Crippen molar-refractivity contribution in [1.82, 2.24) is 10.1 Å². The molecule has 0 spiro atoms. The molecule has 0 aliphatic heterocycles. The first-order valence-corrected chi connectivity index (χ1v) is 4.82. The molecular formula is C11H13N3O. The van der Waals surface area contributed by atoms with Gasteiger partial charge in [0.1, 0.15) is 11.5 Å². The molecule has 0 saturated heterocycles. The van der Waals surface area contributed by atoms with Crippen LogP contribution < -0.4 is 5.32 Å². The highest BCUT2D eigenvalue weighted by Gasteiger charge is 2.01. The zero-order valence-electron chi connectivity index (χ0n) is 8.82. The molecule has 1 N–H and O–H groups in total. The molecule has 78 valence electrons. The van der Waals surface area contributed by atoms with Crippen molar-refractivity contribution in [2.24, 2.45) is 0 Å². The number of hydrogen-bond acceptors (Lipinski definition) is 4. The Morgan fingerprint density at radius 3 is 2.93 bits per heavy atom. The Labute approximate surface area is 88.3 Å². The summed E-state index contributed by atoms with van der Waals surface area (Å²) < 4.78 is 4.98. The molecule has 2 aromatic rings. The van der Waals surface area contributed by atoms with E-state index in [1.54, 1.807) is 6.20 Å². The van der Waals surface area contributed by atoms with Crippen LogP contribution in [0.25, 0.3) is 0 Å². The van der Waals surface area contributed by atoms with Gasteiger partial charge in [0.05, 0.1) is 6.54 Å². The molecular weight excluding hydrogens is 190 g/mol. The van der Waals surface area contributed by atoms with E-state index in [2.05, 4.69) is 15.5 Å². The van der Waals surface area contributed by atoms with E-state index in [1.165, 1.54) is 0 Å². The summed E-state index contributed by atoms with van der Waals surface area (Å²) in [6.07, 6.45) is 3.60. The highest BCUT2D eigenvalue weighted by Crippen LogP contribution is 2.13. The first-order chi connectivity index (χ1) is 7.25. The molecule has 0 bridgehead atoms. The van der Waals surface area contributed by atoms with E-state index in [1.807, 2.05) is 32.2 Å². The number of anilines is 1. The van der Waals surface area contributed by atoms with Gasteiger partial charge in [0.25, 0.3) is 0 Å². The van der Waals surface area contributed by atoms with Crippen LogP contribution in [0, 0.1) is 13.8 Å². The van der Waals surface area contributed by atoms with Crippen molar-refractivity contribution in [1.29, 1.82) is 0 Å². The van der Waals surface area contributed by atoms with Gasteiger partial charge in [-0.15, -0.1) is 0 Å². The molecule has 0 aliphatic carbocycles. The zero-order chi connectivity index (χ0) is 10.7. The lowest BCUT2D eigenvalue weighted by Gasteiger charge is -2.06. The molecule has 0 aromatic carbocycles. The normalized spacial score (nSPS) is 10.3. The van der Waals surface area contributed by atoms with Crippen LogP contribution in [-0.2, 0) is 6.54 Å². The predicted molar refractivity (Wildman–Crippen MR) is 57.5 cm³/mol. The molecule has 0 atom stereocenters. The van der Waals surface area contributed by atoms with Crippen LogP contribution in [0.2, 0.25) is 0 Å². The summed E-state index contributed by atoms with van der Waals surface area (Å²) in [7, 11) is 0. The highest BCUT2D eigenvalue weighted by molar-refractivity contribution is 5.48. The summed E-state index contributed by atoms with van der Waals surface area (Å²) >= 11 is 0. The smallest absolute Gasteiger partial charge is 0.133 e. The van der Waals surface area contributed by atoms with Gasteiger partial charge in [-0.25, -0.2) is 0 Å². The van der Waals surface area contributed by atoms with Gasteiger partial charge < -0.3 is 9.84 Å². The molecule has 4 heteroatoms. The SMILES string of the molecule is Cc1cc(CNc2ccncc2C)no1. The first kappa shape index (κ1) is 9.71. The maximum absolute atomic E-state index is 4.98. The number of pyridine rings is 1. The van der Waals surface area contributed by atoms with E-state index in [9.17, 15) is 0 Å². The van der Waals surface area contributed by atoms with Crippen LogP contribution in [0.15, 0.2) is 29.0 Å². The van der Waals surface area contributed by atoms with Crippen LogP contribution in [0.5, 0.6) is 0 Å². The van der Waals surface area contributed by atoms with Crippen molar-refractivity contribution in [2.45, 2.75) is 20.4 Å². The topological polar surface area (TPSA) is 51.0 Å². The molecule has 0 unspecified atom stereocenters. The number of nitrogens with one attached hydrogen (secondary N) is 1. The van der Waals surface area contributed by atoms with E-state index >= 15 is 0 Å². The average Bonchev–Trinajstić information content (AvgIpc) is 2.63. The van der Waals surface area contributed by atoms with Gasteiger partial charge in [-0.1, -0.05) is 5.16 Å². The Bertz CT molecular complexity index is 451. The molecule has 0 radical (unpaired) electrons. The first-order valence-electron chi connectivity index (χ1n) is 4.82. The Balaban J connectivity index is 2.02. The average molecular weight is 203 g/mol. The quantitative estimate of drug-likeness (QED) is 0.831. The molecule has 0 saturated carbocycles. The second kappa shape index (κ2) is 4.13.